The van der Waals surface area contributed by atoms with Gasteiger partial charge in [0.05, 0.1) is 24.8 Å². The predicted octanol–water partition coefficient (Wildman–Crippen LogP) is 1.98. The maximum Gasteiger partial charge on any atom is 0.211 e. The molecule has 0 amide bonds. The van der Waals surface area contributed by atoms with Gasteiger partial charge in [-0.1, -0.05) is 12.1 Å². The van der Waals surface area contributed by atoms with E-state index >= 15 is 0 Å². The highest BCUT2D eigenvalue weighted by molar-refractivity contribution is 7.88. The fourth-order valence-corrected chi connectivity index (χ4v) is 5.07. The minimum atomic E-state index is -3.09. The zero-order valence-corrected chi connectivity index (χ0v) is 16.3. The van der Waals surface area contributed by atoms with Gasteiger partial charge in [-0.2, -0.15) is 9.57 Å². The van der Waals surface area contributed by atoms with Crippen LogP contribution in [0.25, 0.3) is 0 Å². The summed E-state index contributed by atoms with van der Waals surface area (Å²) < 4.78 is 30.2. The summed E-state index contributed by atoms with van der Waals surface area (Å²) in [5.41, 5.74) is 0.597. The van der Waals surface area contributed by atoms with Crippen LogP contribution in [0, 0.1) is 11.3 Å². The number of methoxy groups -OCH3 is 1. The standard InChI is InChI=1S/C19H27N3O3S/c1-25-18-5-3-4-16(14-18)19(15-20)8-6-17(7-9-19)21-10-12-22(13-11-21)26(2,23)24/h3-5,14,17H,6-13H2,1-2H3. The van der Waals surface area contributed by atoms with E-state index in [1.807, 2.05) is 24.3 Å². The van der Waals surface area contributed by atoms with Gasteiger partial charge in [0, 0.05) is 32.2 Å². The number of nitrogens with zero attached hydrogens (tertiary/aromatic N) is 3. The van der Waals surface area contributed by atoms with Crippen molar-refractivity contribution in [2.24, 2.45) is 0 Å². The third-order valence-corrected chi connectivity index (χ3v) is 7.21. The second kappa shape index (κ2) is 7.55. The lowest BCUT2D eigenvalue weighted by Crippen LogP contribution is -2.53. The van der Waals surface area contributed by atoms with E-state index in [0.717, 1.165) is 50.1 Å². The highest BCUT2D eigenvalue weighted by atomic mass is 32.2. The Morgan fingerprint density at radius 3 is 2.38 bits per heavy atom. The molecule has 26 heavy (non-hydrogen) atoms. The Morgan fingerprint density at radius 1 is 1.19 bits per heavy atom. The van der Waals surface area contributed by atoms with E-state index in [1.165, 1.54) is 6.26 Å². The molecule has 3 rings (SSSR count). The zero-order chi connectivity index (χ0) is 18.8. The van der Waals surface area contributed by atoms with Crippen LogP contribution >= 0.6 is 0 Å². The topological polar surface area (TPSA) is 73.6 Å². The lowest BCUT2D eigenvalue weighted by molar-refractivity contribution is 0.0991. The van der Waals surface area contributed by atoms with Crippen LogP contribution in [0.15, 0.2) is 24.3 Å². The third kappa shape index (κ3) is 3.88. The minimum absolute atomic E-state index is 0.434. The molecule has 0 radical (unpaired) electrons. The van der Waals surface area contributed by atoms with Gasteiger partial charge in [0.2, 0.25) is 10.0 Å². The average Bonchev–Trinajstić information content (AvgIpc) is 2.67. The van der Waals surface area contributed by atoms with E-state index in [9.17, 15) is 13.7 Å². The molecule has 1 heterocycles. The summed E-state index contributed by atoms with van der Waals surface area (Å²) in [6.45, 7) is 2.68. The van der Waals surface area contributed by atoms with Gasteiger partial charge < -0.3 is 4.74 Å². The Labute approximate surface area is 156 Å². The van der Waals surface area contributed by atoms with Gasteiger partial charge in [0.15, 0.2) is 0 Å². The van der Waals surface area contributed by atoms with Crippen LogP contribution in [0.4, 0.5) is 0 Å². The smallest absolute Gasteiger partial charge is 0.211 e. The van der Waals surface area contributed by atoms with Crippen LogP contribution in [0.3, 0.4) is 0 Å². The van der Waals surface area contributed by atoms with Crippen molar-refractivity contribution in [1.29, 1.82) is 5.26 Å². The molecule has 1 aromatic rings. The van der Waals surface area contributed by atoms with E-state index in [-0.39, 0.29) is 0 Å². The lowest BCUT2D eigenvalue weighted by atomic mass is 9.69. The van der Waals surface area contributed by atoms with Crippen LogP contribution < -0.4 is 4.74 Å². The first-order chi connectivity index (χ1) is 12.4. The number of ether oxygens (including phenoxy) is 1. The van der Waals surface area contributed by atoms with Gasteiger partial charge in [0.25, 0.3) is 0 Å². The molecular formula is C19H27N3O3S. The Bertz CT molecular complexity index is 771. The van der Waals surface area contributed by atoms with Crippen LogP contribution in [0.5, 0.6) is 5.75 Å². The van der Waals surface area contributed by atoms with E-state index in [4.69, 9.17) is 4.74 Å². The number of rotatable bonds is 4. The summed E-state index contributed by atoms with van der Waals surface area (Å²) in [4.78, 5) is 2.40. The van der Waals surface area contributed by atoms with E-state index in [1.54, 1.807) is 11.4 Å². The Kier molecular flexibility index (Phi) is 5.56. The van der Waals surface area contributed by atoms with Gasteiger partial charge in [0.1, 0.15) is 5.75 Å². The molecule has 0 atom stereocenters. The first-order valence-electron chi connectivity index (χ1n) is 9.13. The monoisotopic (exact) mass is 377 g/mol. The summed E-state index contributed by atoms with van der Waals surface area (Å²) in [6.07, 6.45) is 4.85. The van der Waals surface area contributed by atoms with Crippen molar-refractivity contribution in [3.63, 3.8) is 0 Å². The zero-order valence-electron chi connectivity index (χ0n) is 15.5. The van der Waals surface area contributed by atoms with E-state index in [2.05, 4.69) is 11.0 Å². The Morgan fingerprint density at radius 2 is 1.85 bits per heavy atom. The van der Waals surface area contributed by atoms with Crippen LogP contribution in [0.1, 0.15) is 31.2 Å². The normalized spacial score (nSPS) is 28.4. The molecular weight excluding hydrogens is 350 g/mol. The van der Waals surface area contributed by atoms with Gasteiger partial charge in [-0.25, -0.2) is 8.42 Å². The molecule has 1 aliphatic heterocycles. The largest absolute Gasteiger partial charge is 0.497 e. The molecule has 142 valence electrons. The van der Waals surface area contributed by atoms with E-state index in [0.29, 0.717) is 19.1 Å². The van der Waals surface area contributed by atoms with Gasteiger partial charge in [-0.05, 0) is 43.4 Å². The number of benzene rings is 1. The molecule has 0 unspecified atom stereocenters. The Balaban J connectivity index is 1.64. The molecule has 7 heteroatoms. The van der Waals surface area contributed by atoms with Crippen molar-refractivity contribution < 1.29 is 13.2 Å². The number of piperazine rings is 1. The fourth-order valence-electron chi connectivity index (χ4n) is 4.25. The minimum Gasteiger partial charge on any atom is -0.497 e. The summed E-state index contributed by atoms with van der Waals surface area (Å²) in [5, 5.41) is 9.90. The molecule has 0 spiro atoms. The van der Waals surface area contributed by atoms with Crippen molar-refractivity contribution in [3.05, 3.63) is 29.8 Å². The molecule has 0 aromatic heterocycles. The molecule has 2 aliphatic rings. The van der Waals surface area contributed by atoms with Gasteiger partial charge in [-0.3, -0.25) is 4.90 Å². The lowest BCUT2D eigenvalue weighted by Gasteiger charge is -2.43. The SMILES string of the molecule is COc1cccc(C2(C#N)CCC(N3CCN(S(C)(=O)=O)CC3)CC2)c1. The number of sulfonamides is 1. The van der Waals surface area contributed by atoms with Crippen LogP contribution in [-0.2, 0) is 15.4 Å². The predicted molar refractivity (Wildman–Crippen MR) is 101 cm³/mol. The highest BCUT2D eigenvalue weighted by Crippen LogP contribution is 2.41. The average molecular weight is 378 g/mol. The molecule has 2 fully saturated rings. The molecule has 1 saturated heterocycles. The first-order valence-corrected chi connectivity index (χ1v) is 11.0. The van der Waals surface area contributed by atoms with Gasteiger partial charge >= 0.3 is 0 Å². The van der Waals surface area contributed by atoms with E-state index < -0.39 is 15.4 Å². The molecule has 1 saturated carbocycles. The second-order valence-corrected chi connectivity index (χ2v) is 9.34. The van der Waals surface area contributed by atoms with Crippen molar-refractivity contribution in [1.82, 2.24) is 9.21 Å². The number of hydrogen-bond acceptors (Lipinski definition) is 5. The van der Waals surface area contributed by atoms with Crippen LogP contribution in [-0.4, -0.2) is 63.2 Å². The second-order valence-electron chi connectivity index (χ2n) is 7.36. The molecule has 0 bridgehead atoms. The first kappa shape index (κ1) is 19.2. The highest BCUT2D eigenvalue weighted by Gasteiger charge is 2.39. The summed E-state index contributed by atoms with van der Waals surface area (Å²) in [7, 11) is -1.45. The summed E-state index contributed by atoms with van der Waals surface area (Å²) in [5.74, 6) is 0.788. The molecule has 0 N–H and O–H groups in total. The molecule has 1 aliphatic carbocycles. The maximum atomic E-state index is 11.7. The number of hydrogen-bond donors (Lipinski definition) is 0. The Hall–Kier alpha value is -1.62. The van der Waals surface area contributed by atoms with Gasteiger partial charge in [-0.15, -0.1) is 0 Å². The summed E-state index contributed by atoms with van der Waals surface area (Å²) >= 11 is 0. The van der Waals surface area contributed by atoms with Crippen LogP contribution in [0.2, 0.25) is 0 Å². The fraction of sp³-hybridized carbons (Fsp3) is 0.632. The van der Waals surface area contributed by atoms with Crippen molar-refractivity contribution in [3.8, 4) is 11.8 Å². The quantitative estimate of drug-likeness (QED) is 0.802. The summed E-state index contributed by atoms with van der Waals surface area (Å²) in [6, 6.07) is 10.9. The third-order valence-electron chi connectivity index (χ3n) is 5.90. The van der Waals surface area contributed by atoms with Crippen molar-refractivity contribution in [2.45, 2.75) is 37.1 Å². The maximum absolute atomic E-state index is 11.7. The molecule has 1 aromatic carbocycles. The molecule has 6 nitrogen and oxygen atoms in total. The van der Waals surface area contributed by atoms with Crippen molar-refractivity contribution in [2.75, 3.05) is 39.5 Å². The number of nitriles is 1. The van der Waals surface area contributed by atoms with Crippen molar-refractivity contribution >= 4 is 10.0 Å².